The number of carbonyl (C=O) groups excluding carboxylic acids is 1. The maximum atomic E-state index is 13.0. The fourth-order valence-corrected chi connectivity index (χ4v) is 2.21. The van der Waals surface area contributed by atoms with Crippen LogP contribution in [0.5, 0.6) is 5.75 Å². The summed E-state index contributed by atoms with van der Waals surface area (Å²) in [6.07, 6.45) is 0. The molecule has 4 nitrogen and oxygen atoms in total. The molecular weight excluding hydrogens is 295 g/mol. The summed E-state index contributed by atoms with van der Waals surface area (Å²) in [4.78, 5) is 13.9. The number of hydrogen-bond acceptors (Lipinski definition) is 3. The topological polar surface area (TPSA) is 41.6 Å². The molecule has 0 aliphatic rings. The van der Waals surface area contributed by atoms with Crippen molar-refractivity contribution in [1.29, 1.82) is 0 Å². The summed E-state index contributed by atoms with van der Waals surface area (Å²) in [5, 5.41) is 2.85. The second-order valence-electron chi connectivity index (χ2n) is 5.44. The number of para-hydroxylation sites is 1. The van der Waals surface area contributed by atoms with Gasteiger partial charge in [-0.2, -0.15) is 0 Å². The van der Waals surface area contributed by atoms with Crippen molar-refractivity contribution in [3.05, 3.63) is 66.0 Å². The molecule has 0 saturated carbocycles. The van der Waals surface area contributed by atoms with Crippen LogP contribution in [0.25, 0.3) is 0 Å². The number of rotatable bonds is 7. The highest BCUT2D eigenvalue weighted by Gasteiger charge is 2.15. The molecule has 0 unspecified atom stereocenters. The number of halogens is 1. The van der Waals surface area contributed by atoms with Gasteiger partial charge in [-0.05, 0) is 43.9 Å². The van der Waals surface area contributed by atoms with Gasteiger partial charge in [0.2, 0.25) is 0 Å². The van der Waals surface area contributed by atoms with Crippen molar-refractivity contribution in [2.45, 2.75) is 6.04 Å². The van der Waals surface area contributed by atoms with E-state index < -0.39 is 0 Å². The quantitative estimate of drug-likeness (QED) is 0.854. The number of nitrogens with zero attached hydrogens (tertiary/aromatic N) is 1. The molecule has 122 valence electrons. The fraction of sp³-hybridized carbons (Fsp3) is 0.278. The molecule has 2 aromatic carbocycles. The van der Waals surface area contributed by atoms with Gasteiger partial charge in [0.15, 0.2) is 6.61 Å². The van der Waals surface area contributed by atoms with E-state index in [0.29, 0.717) is 12.3 Å². The highest BCUT2D eigenvalue weighted by Crippen LogP contribution is 2.17. The summed E-state index contributed by atoms with van der Waals surface area (Å²) in [6, 6.07) is 15.5. The van der Waals surface area contributed by atoms with Gasteiger partial charge >= 0.3 is 0 Å². The fourth-order valence-electron chi connectivity index (χ4n) is 2.21. The summed E-state index contributed by atoms with van der Waals surface area (Å²) in [5.74, 6) is 0.194. The van der Waals surface area contributed by atoms with E-state index in [9.17, 15) is 9.18 Å². The lowest BCUT2D eigenvalue weighted by Crippen LogP contribution is -2.36. The maximum absolute atomic E-state index is 13.0. The molecule has 0 heterocycles. The molecule has 0 aliphatic heterocycles. The molecule has 0 saturated heterocycles. The Bertz CT molecular complexity index is 615. The standard InChI is InChI=1S/C18H21FN2O2/c1-21(2)17(14-8-10-15(19)11-9-14)12-20-18(22)13-23-16-6-4-3-5-7-16/h3-11,17H,12-13H2,1-2H3,(H,20,22)/t17-/m0/s1. The molecule has 0 bridgehead atoms. The molecule has 0 aliphatic carbocycles. The zero-order valence-electron chi connectivity index (χ0n) is 13.3. The molecule has 0 fully saturated rings. The van der Waals surface area contributed by atoms with Gasteiger partial charge < -0.3 is 15.0 Å². The van der Waals surface area contributed by atoms with Crippen molar-refractivity contribution in [3.8, 4) is 5.75 Å². The summed E-state index contributed by atoms with van der Waals surface area (Å²) in [7, 11) is 3.83. The number of ether oxygens (including phenoxy) is 1. The predicted molar refractivity (Wildman–Crippen MR) is 87.8 cm³/mol. The number of amides is 1. The molecule has 0 spiro atoms. The Morgan fingerprint density at radius 2 is 1.78 bits per heavy atom. The van der Waals surface area contributed by atoms with E-state index in [1.807, 2.05) is 37.2 Å². The molecule has 1 N–H and O–H groups in total. The number of likely N-dealkylation sites (N-methyl/N-ethyl adjacent to an activating group) is 1. The first-order chi connectivity index (χ1) is 11.1. The second-order valence-corrected chi connectivity index (χ2v) is 5.44. The van der Waals surface area contributed by atoms with Gasteiger partial charge in [-0.25, -0.2) is 4.39 Å². The number of carbonyl (C=O) groups is 1. The van der Waals surface area contributed by atoms with Crippen LogP contribution < -0.4 is 10.1 Å². The van der Waals surface area contributed by atoms with E-state index in [4.69, 9.17) is 4.74 Å². The van der Waals surface area contributed by atoms with E-state index in [0.717, 1.165) is 5.56 Å². The Kier molecular flexibility index (Phi) is 6.11. The zero-order chi connectivity index (χ0) is 16.7. The van der Waals surface area contributed by atoms with Crippen LogP contribution in [0, 0.1) is 5.82 Å². The highest BCUT2D eigenvalue weighted by molar-refractivity contribution is 5.77. The molecule has 1 atom stereocenters. The molecule has 5 heteroatoms. The molecule has 2 aromatic rings. The van der Waals surface area contributed by atoms with Crippen LogP contribution in [0.15, 0.2) is 54.6 Å². The number of benzene rings is 2. The third kappa shape index (κ3) is 5.38. The maximum Gasteiger partial charge on any atom is 0.258 e. The normalized spacial score (nSPS) is 12.0. The van der Waals surface area contributed by atoms with Gasteiger partial charge in [-0.3, -0.25) is 4.79 Å². The third-order valence-corrected chi connectivity index (χ3v) is 3.48. The Hall–Kier alpha value is -2.40. The largest absolute Gasteiger partial charge is 0.484 e. The van der Waals surface area contributed by atoms with Gasteiger partial charge in [0, 0.05) is 6.54 Å². The van der Waals surface area contributed by atoms with Crippen LogP contribution in [0.1, 0.15) is 11.6 Å². The van der Waals surface area contributed by atoms with Gasteiger partial charge in [0.1, 0.15) is 11.6 Å². The average Bonchev–Trinajstić information content (AvgIpc) is 2.55. The van der Waals surface area contributed by atoms with Gasteiger partial charge in [-0.15, -0.1) is 0 Å². The van der Waals surface area contributed by atoms with Crippen molar-refractivity contribution in [3.63, 3.8) is 0 Å². The van der Waals surface area contributed by atoms with Crippen LogP contribution in [-0.4, -0.2) is 38.1 Å². The third-order valence-electron chi connectivity index (χ3n) is 3.48. The van der Waals surface area contributed by atoms with E-state index in [2.05, 4.69) is 5.32 Å². The predicted octanol–water partition coefficient (Wildman–Crippen LogP) is 2.62. The summed E-state index contributed by atoms with van der Waals surface area (Å²) in [6.45, 7) is 0.392. The lowest BCUT2D eigenvalue weighted by molar-refractivity contribution is -0.123. The summed E-state index contributed by atoms with van der Waals surface area (Å²) >= 11 is 0. The second kappa shape index (κ2) is 8.29. The highest BCUT2D eigenvalue weighted by atomic mass is 19.1. The summed E-state index contributed by atoms with van der Waals surface area (Å²) < 4.78 is 18.4. The first kappa shape index (κ1) is 17.0. The van der Waals surface area contributed by atoms with E-state index in [1.54, 1.807) is 24.3 Å². The van der Waals surface area contributed by atoms with Gasteiger partial charge in [0.05, 0.1) is 6.04 Å². The lowest BCUT2D eigenvalue weighted by atomic mass is 10.1. The van der Waals surface area contributed by atoms with Crippen LogP contribution >= 0.6 is 0 Å². The van der Waals surface area contributed by atoms with Crippen molar-refractivity contribution in [1.82, 2.24) is 10.2 Å². The molecular formula is C18H21FN2O2. The van der Waals surface area contributed by atoms with Crippen molar-refractivity contribution in [2.75, 3.05) is 27.2 Å². The van der Waals surface area contributed by atoms with Gasteiger partial charge in [0.25, 0.3) is 5.91 Å². The Labute approximate surface area is 135 Å². The number of hydrogen-bond donors (Lipinski definition) is 1. The molecule has 0 radical (unpaired) electrons. The molecule has 1 amide bonds. The molecule has 23 heavy (non-hydrogen) atoms. The van der Waals surface area contributed by atoms with Crippen molar-refractivity contribution < 1.29 is 13.9 Å². The van der Waals surface area contributed by atoms with E-state index in [1.165, 1.54) is 12.1 Å². The molecule has 2 rings (SSSR count). The first-order valence-corrected chi connectivity index (χ1v) is 7.42. The minimum Gasteiger partial charge on any atom is -0.484 e. The first-order valence-electron chi connectivity index (χ1n) is 7.42. The van der Waals surface area contributed by atoms with Crippen LogP contribution in [0.3, 0.4) is 0 Å². The smallest absolute Gasteiger partial charge is 0.258 e. The SMILES string of the molecule is CN(C)[C@@H](CNC(=O)COc1ccccc1)c1ccc(F)cc1. The van der Waals surface area contributed by atoms with Gasteiger partial charge in [-0.1, -0.05) is 30.3 Å². The van der Waals surface area contributed by atoms with Crippen LogP contribution in [0.4, 0.5) is 4.39 Å². The molecule has 0 aromatic heterocycles. The van der Waals surface area contributed by atoms with Crippen LogP contribution in [-0.2, 0) is 4.79 Å². The van der Waals surface area contributed by atoms with Crippen molar-refractivity contribution in [2.24, 2.45) is 0 Å². The van der Waals surface area contributed by atoms with Crippen molar-refractivity contribution >= 4 is 5.91 Å². The minimum atomic E-state index is -0.272. The Morgan fingerprint density at radius 3 is 2.39 bits per heavy atom. The van der Waals surface area contributed by atoms with E-state index in [-0.39, 0.29) is 24.4 Å². The zero-order valence-corrected chi connectivity index (χ0v) is 13.3. The monoisotopic (exact) mass is 316 g/mol. The summed E-state index contributed by atoms with van der Waals surface area (Å²) in [5.41, 5.74) is 0.945. The lowest BCUT2D eigenvalue weighted by Gasteiger charge is -2.25. The Morgan fingerprint density at radius 1 is 1.13 bits per heavy atom. The van der Waals surface area contributed by atoms with E-state index >= 15 is 0 Å². The van der Waals surface area contributed by atoms with Crippen LogP contribution in [0.2, 0.25) is 0 Å². The average molecular weight is 316 g/mol. The Balaban J connectivity index is 1.86. The minimum absolute atomic E-state index is 0.0312. The number of nitrogens with one attached hydrogen (secondary N) is 1.